The SMILES string of the molecule is CCN(CCBr)c1nccn2nc(C)cc12. The predicted octanol–water partition coefficient (Wildman–Crippen LogP) is 2.26. The molecule has 0 aromatic carbocycles. The average molecular weight is 283 g/mol. The van der Waals surface area contributed by atoms with E-state index in [1.807, 2.05) is 17.6 Å². The van der Waals surface area contributed by atoms with Crippen LogP contribution in [-0.4, -0.2) is 33.0 Å². The topological polar surface area (TPSA) is 33.4 Å². The number of alkyl halides is 1. The predicted molar refractivity (Wildman–Crippen MR) is 69.4 cm³/mol. The maximum Gasteiger partial charge on any atom is 0.154 e. The highest BCUT2D eigenvalue weighted by molar-refractivity contribution is 9.09. The second-order valence-electron chi connectivity index (χ2n) is 3.64. The summed E-state index contributed by atoms with van der Waals surface area (Å²) >= 11 is 3.47. The zero-order valence-corrected chi connectivity index (χ0v) is 11.1. The summed E-state index contributed by atoms with van der Waals surface area (Å²) in [6.07, 6.45) is 3.68. The first-order chi connectivity index (χ1) is 7.76. The van der Waals surface area contributed by atoms with Gasteiger partial charge in [0.25, 0.3) is 0 Å². The van der Waals surface area contributed by atoms with Gasteiger partial charge in [0.05, 0.1) is 5.69 Å². The van der Waals surface area contributed by atoms with Crippen LogP contribution in [0.2, 0.25) is 0 Å². The Labute approximate surface area is 103 Å². The van der Waals surface area contributed by atoms with Crippen molar-refractivity contribution >= 4 is 27.3 Å². The van der Waals surface area contributed by atoms with Crippen LogP contribution in [0.1, 0.15) is 12.6 Å². The van der Waals surface area contributed by atoms with Crippen LogP contribution in [0.25, 0.3) is 5.52 Å². The number of hydrogen-bond acceptors (Lipinski definition) is 3. The van der Waals surface area contributed by atoms with Crippen molar-refractivity contribution in [2.45, 2.75) is 13.8 Å². The summed E-state index contributed by atoms with van der Waals surface area (Å²) in [7, 11) is 0. The first-order valence-corrected chi connectivity index (χ1v) is 6.50. The van der Waals surface area contributed by atoms with Crippen molar-refractivity contribution in [3.8, 4) is 0 Å². The minimum Gasteiger partial charge on any atom is -0.354 e. The molecule has 0 aliphatic carbocycles. The van der Waals surface area contributed by atoms with Crippen LogP contribution in [0.5, 0.6) is 0 Å². The van der Waals surface area contributed by atoms with Crippen molar-refractivity contribution in [2.75, 3.05) is 23.3 Å². The van der Waals surface area contributed by atoms with Gasteiger partial charge in [0.15, 0.2) is 5.82 Å². The third kappa shape index (κ3) is 2.04. The molecule has 0 saturated carbocycles. The van der Waals surface area contributed by atoms with Gasteiger partial charge in [0, 0.05) is 30.8 Å². The number of halogens is 1. The lowest BCUT2D eigenvalue weighted by Gasteiger charge is -2.21. The molecule has 0 atom stereocenters. The zero-order valence-electron chi connectivity index (χ0n) is 9.52. The van der Waals surface area contributed by atoms with Gasteiger partial charge >= 0.3 is 0 Å². The van der Waals surface area contributed by atoms with Gasteiger partial charge in [-0.25, -0.2) is 9.50 Å². The molecule has 0 aliphatic heterocycles. The zero-order chi connectivity index (χ0) is 11.5. The molecule has 86 valence electrons. The minimum absolute atomic E-state index is 0.941. The standard InChI is InChI=1S/C11H15BrN4/c1-3-15(6-4-12)11-10-8-9(2)14-16(10)7-5-13-11/h5,7-8H,3-4,6H2,1-2H3. The Morgan fingerprint density at radius 2 is 2.31 bits per heavy atom. The Morgan fingerprint density at radius 1 is 1.50 bits per heavy atom. The maximum absolute atomic E-state index is 4.45. The first-order valence-electron chi connectivity index (χ1n) is 5.38. The van der Waals surface area contributed by atoms with Crippen molar-refractivity contribution in [3.05, 3.63) is 24.2 Å². The molecule has 2 rings (SSSR count). The minimum atomic E-state index is 0.941. The van der Waals surface area contributed by atoms with E-state index in [1.165, 1.54) is 0 Å². The number of aryl methyl sites for hydroxylation is 1. The molecule has 16 heavy (non-hydrogen) atoms. The fraction of sp³-hybridized carbons (Fsp3) is 0.455. The quantitative estimate of drug-likeness (QED) is 0.807. The highest BCUT2D eigenvalue weighted by atomic mass is 79.9. The molecule has 0 saturated heterocycles. The molecule has 0 radical (unpaired) electrons. The van der Waals surface area contributed by atoms with Gasteiger partial charge in [0.2, 0.25) is 0 Å². The van der Waals surface area contributed by atoms with Crippen molar-refractivity contribution in [3.63, 3.8) is 0 Å². The number of anilines is 1. The Balaban J connectivity index is 2.49. The van der Waals surface area contributed by atoms with E-state index in [9.17, 15) is 0 Å². The van der Waals surface area contributed by atoms with Gasteiger partial charge in [-0.2, -0.15) is 5.10 Å². The van der Waals surface area contributed by atoms with E-state index in [0.717, 1.165) is 35.4 Å². The van der Waals surface area contributed by atoms with Crippen molar-refractivity contribution in [1.82, 2.24) is 14.6 Å². The van der Waals surface area contributed by atoms with E-state index in [4.69, 9.17) is 0 Å². The van der Waals surface area contributed by atoms with E-state index < -0.39 is 0 Å². The molecule has 0 bridgehead atoms. The largest absolute Gasteiger partial charge is 0.354 e. The Kier molecular flexibility index (Phi) is 3.43. The van der Waals surface area contributed by atoms with Gasteiger partial charge in [0.1, 0.15) is 5.52 Å². The molecular weight excluding hydrogens is 268 g/mol. The van der Waals surface area contributed by atoms with E-state index in [2.05, 4.69) is 43.9 Å². The van der Waals surface area contributed by atoms with Gasteiger partial charge < -0.3 is 4.90 Å². The monoisotopic (exact) mass is 282 g/mol. The van der Waals surface area contributed by atoms with Crippen LogP contribution in [0.15, 0.2) is 18.5 Å². The van der Waals surface area contributed by atoms with Crippen LogP contribution >= 0.6 is 15.9 Å². The van der Waals surface area contributed by atoms with Gasteiger partial charge in [-0.1, -0.05) is 15.9 Å². The molecule has 0 unspecified atom stereocenters. The maximum atomic E-state index is 4.45. The van der Waals surface area contributed by atoms with Crippen LogP contribution in [-0.2, 0) is 0 Å². The van der Waals surface area contributed by atoms with Gasteiger partial charge in [-0.15, -0.1) is 0 Å². The Hall–Kier alpha value is -1.10. The molecular formula is C11H15BrN4. The fourth-order valence-electron chi connectivity index (χ4n) is 1.79. The lowest BCUT2D eigenvalue weighted by Crippen LogP contribution is -2.26. The summed E-state index contributed by atoms with van der Waals surface area (Å²) in [5.41, 5.74) is 2.09. The Morgan fingerprint density at radius 3 is 3.00 bits per heavy atom. The van der Waals surface area contributed by atoms with E-state index in [1.54, 1.807) is 6.20 Å². The molecule has 2 heterocycles. The molecule has 5 heteroatoms. The summed E-state index contributed by atoms with van der Waals surface area (Å²) in [6.45, 7) is 6.03. The molecule has 0 aliphatic rings. The van der Waals surface area contributed by atoms with Crippen LogP contribution in [0.4, 0.5) is 5.82 Å². The summed E-state index contributed by atoms with van der Waals surface area (Å²) in [5, 5.41) is 5.33. The van der Waals surface area contributed by atoms with Crippen molar-refractivity contribution in [2.24, 2.45) is 0 Å². The summed E-state index contributed by atoms with van der Waals surface area (Å²) in [6, 6.07) is 2.07. The number of aromatic nitrogens is 3. The molecule has 2 aromatic rings. The molecule has 0 N–H and O–H groups in total. The molecule has 2 aromatic heterocycles. The van der Waals surface area contributed by atoms with Crippen molar-refractivity contribution < 1.29 is 0 Å². The number of rotatable bonds is 4. The molecule has 0 spiro atoms. The van der Waals surface area contributed by atoms with E-state index >= 15 is 0 Å². The highest BCUT2D eigenvalue weighted by Crippen LogP contribution is 2.19. The third-order valence-electron chi connectivity index (χ3n) is 2.53. The number of fused-ring (bicyclic) bond motifs is 1. The van der Waals surface area contributed by atoms with E-state index in [0.29, 0.717) is 0 Å². The molecule has 0 fully saturated rings. The summed E-state index contributed by atoms with van der Waals surface area (Å²) in [5.74, 6) is 1.00. The average Bonchev–Trinajstić information content (AvgIpc) is 2.66. The fourth-order valence-corrected chi connectivity index (χ4v) is 2.22. The second-order valence-corrected chi connectivity index (χ2v) is 4.43. The van der Waals surface area contributed by atoms with Gasteiger partial charge in [-0.3, -0.25) is 0 Å². The van der Waals surface area contributed by atoms with Crippen LogP contribution in [0.3, 0.4) is 0 Å². The smallest absolute Gasteiger partial charge is 0.154 e. The van der Waals surface area contributed by atoms with Gasteiger partial charge in [-0.05, 0) is 19.9 Å². The number of nitrogens with zero attached hydrogens (tertiary/aromatic N) is 4. The third-order valence-corrected chi connectivity index (χ3v) is 2.88. The lowest BCUT2D eigenvalue weighted by atomic mass is 10.3. The number of hydrogen-bond donors (Lipinski definition) is 0. The molecule has 0 amide bonds. The van der Waals surface area contributed by atoms with Crippen LogP contribution < -0.4 is 4.90 Å². The lowest BCUT2D eigenvalue weighted by molar-refractivity contribution is 0.841. The first kappa shape index (κ1) is 11.4. The Bertz CT molecular complexity index is 480. The van der Waals surface area contributed by atoms with Crippen molar-refractivity contribution in [1.29, 1.82) is 0 Å². The molecule has 4 nitrogen and oxygen atoms in total. The normalized spacial score (nSPS) is 10.9. The van der Waals surface area contributed by atoms with Crippen LogP contribution in [0, 0.1) is 6.92 Å². The summed E-state index contributed by atoms with van der Waals surface area (Å²) < 4.78 is 1.88. The second kappa shape index (κ2) is 4.82. The highest BCUT2D eigenvalue weighted by Gasteiger charge is 2.10. The van der Waals surface area contributed by atoms with E-state index in [-0.39, 0.29) is 0 Å². The summed E-state index contributed by atoms with van der Waals surface area (Å²) in [4.78, 5) is 6.70.